The number of carbonyl (C=O) groups excluding carboxylic acids is 1. The predicted octanol–water partition coefficient (Wildman–Crippen LogP) is 5.01. The summed E-state index contributed by atoms with van der Waals surface area (Å²) in [5, 5.41) is 12.5. The number of carboxylic acid groups (broad SMARTS) is 1. The number of aryl methyl sites for hydroxylation is 2. The summed E-state index contributed by atoms with van der Waals surface area (Å²) in [7, 11) is 0. The number of nitrogens with one attached hydrogen (secondary N) is 1. The molecular formula is C28H27NO4. The number of carboxylic acids is 1. The molecule has 0 spiro atoms. The molecule has 0 unspecified atom stereocenters. The molecule has 0 aliphatic heterocycles. The second-order valence-electron chi connectivity index (χ2n) is 9.16. The van der Waals surface area contributed by atoms with E-state index in [-0.39, 0.29) is 18.4 Å². The lowest BCUT2D eigenvalue weighted by atomic mass is 9.96. The van der Waals surface area contributed by atoms with E-state index in [1.54, 1.807) is 0 Å². The van der Waals surface area contributed by atoms with Crippen molar-refractivity contribution in [2.75, 3.05) is 6.61 Å². The number of aliphatic carboxylic acids is 1. The third kappa shape index (κ3) is 3.88. The van der Waals surface area contributed by atoms with E-state index >= 15 is 0 Å². The summed E-state index contributed by atoms with van der Waals surface area (Å²) in [5.41, 5.74) is 9.29. The van der Waals surface area contributed by atoms with Gasteiger partial charge < -0.3 is 15.2 Å². The van der Waals surface area contributed by atoms with E-state index in [0.717, 1.165) is 22.3 Å². The van der Waals surface area contributed by atoms with Gasteiger partial charge in [-0.05, 0) is 77.1 Å². The van der Waals surface area contributed by atoms with E-state index in [4.69, 9.17) is 4.74 Å². The summed E-state index contributed by atoms with van der Waals surface area (Å²) in [6.07, 6.45) is 0.585. The Balaban J connectivity index is 1.27. The normalized spacial score (nSPS) is 15.5. The van der Waals surface area contributed by atoms with E-state index in [2.05, 4.69) is 55.6 Å². The molecule has 2 N–H and O–H groups in total. The van der Waals surface area contributed by atoms with Crippen LogP contribution in [0.15, 0.2) is 60.7 Å². The summed E-state index contributed by atoms with van der Waals surface area (Å²) >= 11 is 0. The van der Waals surface area contributed by atoms with Crippen molar-refractivity contribution in [3.63, 3.8) is 0 Å². The van der Waals surface area contributed by atoms with Gasteiger partial charge in [-0.2, -0.15) is 0 Å². The van der Waals surface area contributed by atoms with Gasteiger partial charge in [0.05, 0.1) is 0 Å². The SMILES string of the molecule is Cc1cc2c(cc1C)CC([C@H](NC(=O)OCC1c3ccccc3-c3ccccc31)C(=O)O)C2. The van der Waals surface area contributed by atoms with Gasteiger partial charge in [-0.15, -0.1) is 0 Å². The fraction of sp³-hybridized carbons (Fsp3) is 0.286. The molecule has 2 aliphatic carbocycles. The van der Waals surface area contributed by atoms with Crippen LogP contribution in [-0.4, -0.2) is 29.8 Å². The molecule has 3 aromatic rings. The molecule has 168 valence electrons. The van der Waals surface area contributed by atoms with Gasteiger partial charge >= 0.3 is 12.1 Å². The first-order valence-corrected chi connectivity index (χ1v) is 11.4. The number of fused-ring (bicyclic) bond motifs is 4. The Morgan fingerprint density at radius 1 is 0.939 bits per heavy atom. The lowest BCUT2D eigenvalue weighted by molar-refractivity contribution is -0.140. The van der Waals surface area contributed by atoms with Crippen LogP contribution in [0.4, 0.5) is 4.79 Å². The Morgan fingerprint density at radius 2 is 1.45 bits per heavy atom. The van der Waals surface area contributed by atoms with E-state index in [1.807, 2.05) is 24.3 Å². The molecule has 5 nitrogen and oxygen atoms in total. The van der Waals surface area contributed by atoms with Gasteiger partial charge in [0.1, 0.15) is 12.6 Å². The zero-order valence-corrected chi connectivity index (χ0v) is 18.8. The highest BCUT2D eigenvalue weighted by atomic mass is 16.5. The van der Waals surface area contributed by atoms with Crippen LogP contribution < -0.4 is 5.32 Å². The number of benzene rings is 3. The average Bonchev–Trinajstić information content (AvgIpc) is 3.34. The number of ether oxygens (including phenoxy) is 1. The Morgan fingerprint density at radius 3 is 1.97 bits per heavy atom. The van der Waals surface area contributed by atoms with Gasteiger partial charge in [0, 0.05) is 5.92 Å². The van der Waals surface area contributed by atoms with E-state index in [1.165, 1.54) is 22.3 Å². The van der Waals surface area contributed by atoms with Gasteiger partial charge in [-0.25, -0.2) is 9.59 Å². The van der Waals surface area contributed by atoms with Crippen molar-refractivity contribution < 1.29 is 19.4 Å². The van der Waals surface area contributed by atoms with Crippen LogP contribution in [0.5, 0.6) is 0 Å². The predicted molar refractivity (Wildman–Crippen MR) is 126 cm³/mol. The van der Waals surface area contributed by atoms with Crippen molar-refractivity contribution in [1.82, 2.24) is 5.32 Å². The summed E-state index contributed by atoms with van der Waals surface area (Å²) in [6.45, 7) is 4.29. The Bertz CT molecular complexity index is 1170. The topological polar surface area (TPSA) is 75.6 Å². The summed E-state index contributed by atoms with van der Waals surface area (Å²) in [6, 6.07) is 19.5. The molecule has 1 amide bonds. The molecule has 1 atom stereocenters. The second-order valence-corrected chi connectivity index (χ2v) is 9.16. The lowest BCUT2D eigenvalue weighted by Crippen LogP contribution is -2.46. The van der Waals surface area contributed by atoms with Crippen molar-refractivity contribution in [1.29, 1.82) is 0 Å². The Labute approximate surface area is 193 Å². The van der Waals surface area contributed by atoms with Crippen molar-refractivity contribution in [2.24, 2.45) is 5.92 Å². The number of rotatable bonds is 5. The van der Waals surface area contributed by atoms with Crippen LogP contribution >= 0.6 is 0 Å². The van der Waals surface area contributed by atoms with Crippen molar-refractivity contribution in [3.05, 3.63) is 94.0 Å². The minimum Gasteiger partial charge on any atom is -0.480 e. The second kappa shape index (κ2) is 8.39. The van der Waals surface area contributed by atoms with Crippen LogP contribution in [0.2, 0.25) is 0 Å². The highest BCUT2D eigenvalue weighted by Gasteiger charge is 2.36. The maximum Gasteiger partial charge on any atom is 0.407 e. The smallest absolute Gasteiger partial charge is 0.407 e. The zero-order chi connectivity index (χ0) is 23.1. The minimum atomic E-state index is -1.03. The zero-order valence-electron chi connectivity index (χ0n) is 18.8. The molecular weight excluding hydrogens is 414 g/mol. The number of hydrogen-bond donors (Lipinski definition) is 2. The third-order valence-electron chi connectivity index (χ3n) is 7.13. The number of amides is 1. The van der Waals surface area contributed by atoms with Crippen molar-refractivity contribution in [2.45, 2.75) is 38.6 Å². The summed E-state index contributed by atoms with van der Waals surface area (Å²) in [4.78, 5) is 24.7. The molecule has 5 rings (SSSR count). The average molecular weight is 442 g/mol. The van der Waals surface area contributed by atoms with Gasteiger partial charge in [0.25, 0.3) is 0 Å². The van der Waals surface area contributed by atoms with E-state index < -0.39 is 18.1 Å². The minimum absolute atomic E-state index is 0.0619. The maximum atomic E-state index is 12.7. The molecule has 0 heterocycles. The van der Waals surface area contributed by atoms with Crippen LogP contribution in [0.3, 0.4) is 0 Å². The summed E-state index contributed by atoms with van der Waals surface area (Å²) in [5.74, 6) is -1.29. The van der Waals surface area contributed by atoms with Crippen LogP contribution in [0.1, 0.15) is 39.3 Å². The molecule has 0 bridgehead atoms. The first kappa shape index (κ1) is 21.3. The van der Waals surface area contributed by atoms with Crippen LogP contribution in [0.25, 0.3) is 11.1 Å². The molecule has 0 saturated carbocycles. The van der Waals surface area contributed by atoms with E-state index in [9.17, 15) is 14.7 Å². The molecule has 0 aromatic heterocycles. The number of alkyl carbamates (subject to hydrolysis) is 1. The Kier molecular flexibility index (Phi) is 5.41. The van der Waals surface area contributed by atoms with Gasteiger partial charge in [0.15, 0.2) is 0 Å². The largest absolute Gasteiger partial charge is 0.480 e. The van der Waals surface area contributed by atoms with Crippen LogP contribution in [-0.2, 0) is 22.4 Å². The van der Waals surface area contributed by atoms with Crippen molar-refractivity contribution >= 4 is 12.1 Å². The number of hydrogen-bond acceptors (Lipinski definition) is 3. The quantitative estimate of drug-likeness (QED) is 0.584. The standard InChI is InChI=1S/C28H27NO4/c1-16-11-18-13-20(14-19(18)12-17(16)2)26(27(30)31)29-28(32)33-15-25-23-9-5-3-7-21(23)22-8-4-6-10-24(22)25/h3-12,20,25-26H,13-15H2,1-2H3,(H,29,32)(H,30,31)/t26-/m0/s1. The van der Waals surface area contributed by atoms with Gasteiger partial charge in [0.2, 0.25) is 0 Å². The Hall–Kier alpha value is -3.60. The lowest BCUT2D eigenvalue weighted by Gasteiger charge is -2.21. The molecule has 33 heavy (non-hydrogen) atoms. The first-order chi connectivity index (χ1) is 15.9. The highest BCUT2D eigenvalue weighted by Crippen LogP contribution is 2.44. The number of carbonyl (C=O) groups is 2. The molecule has 0 radical (unpaired) electrons. The van der Waals surface area contributed by atoms with Gasteiger partial charge in [-0.1, -0.05) is 60.7 Å². The maximum absolute atomic E-state index is 12.7. The van der Waals surface area contributed by atoms with Crippen LogP contribution in [0, 0.1) is 19.8 Å². The highest BCUT2D eigenvalue weighted by molar-refractivity contribution is 5.81. The van der Waals surface area contributed by atoms with Crippen molar-refractivity contribution in [3.8, 4) is 11.1 Å². The monoisotopic (exact) mass is 441 g/mol. The fourth-order valence-corrected chi connectivity index (χ4v) is 5.34. The fourth-order valence-electron chi connectivity index (χ4n) is 5.34. The van der Waals surface area contributed by atoms with E-state index in [0.29, 0.717) is 12.8 Å². The molecule has 0 fully saturated rings. The molecule has 2 aliphatic rings. The first-order valence-electron chi connectivity index (χ1n) is 11.4. The van der Waals surface area contributed by atoms with Gasteiger partial charge in [-0.3, -0.25) is 0 Å². The molecule has 3 aromatic carbocycles. The summed E-state index contributed by atoms with van der Waals surface area (Å²) < 4.78 is 5.58. The molecule has 5 heteroatoms. The third-order valence-corrected chi connectivity index (χ3v) is 7.13. The molecule has 0 saturated heterocycles.